The molecule has 46 valence electrons. The molecule has 0 saturated heterocycles. The topological polar surface area (TPSA) is 25.8 Å². The van der Waals surface area contributed by atoms with Crippen LogP contribution in [0.1, 0.15) is 0 Å². The van der Waals surface area contributed by atoms with Crippen molar-refractivity contribution in [3.05, 3.63) is 30.3 Å². The van der Waals surface area contributed by atoms with E-state index in [0.29, 0.717) is 0 Å². The van der Waals surface area contributed by atoms with Crippen LogP contribution >= 0.6 is 0 Å². The molecule has 0 aromatic carbocycles. The monoisotopic (exact) mass is 128 g/mol. The Bertz CT molecular complexity index is 283. The van der Waals surface area contributed by atoms with Gasteiger partial charge in [-0.15, -0.1) is 0 Å². The van der Waals surface area contributed by atoms with Gasteiger partial charge >= 0.3 is 58.7 Å². The summed E-state index contributed by atoms with van der Waals surface area (Å²) in [6.07, 6.45) is 0. The molecule has 0 unspecified atom stereocenters. The van der Waals surface area contributed by atoms with Crippen LogP contribution in [0.4, 0.5) is 0 Å². The minimum atomic E-state index is 0.949. The van der Waals surface area contributed by atoms with Gasteiger partial charge in [0.15, 0.2) is 0 Å². The Morgan fingerprint density at radius 2 is 1.50 bits per heavy atom. The normalized spacial score (nSPS) is 9.60. The van der Waals surface area contributed by atoms with Crippen LogP contribution < -0.4 is 0 Å². The Morgan fingerprint density at radius 3 is 2.10 bits per heavy atom. The van der Waals surface area contributed by atoms with Crippen LogP contribution in [-0.2, 0) is 0 Å². The maximum atomic E-state index is 4.05. The third kappa shape index (κ3) is 0.797. The van der Waals surface area contributed by atoms with Gasteiger partial charge in [0.2, 0.25) is 0 Å². The predicted molar refractivity (Wildman–Crippen MR) is 40.0 cm³/mol. The summed E-state index contributed by atoms with van der Waals surface area (Å²) < 4.78 is 0. The molecular weight excluding hydrogens is 123 g/mol. The number of rotatable bonds is 0. The number of fused-ring (bicyclic) bond motifs is 1. The van der Waals surface area contributed by atoms with Crippen molar-refractivity contribution in [1.29, 1.82) is 0 Å². The standard InChI is InChI=1S/C7H5BN2/c1-2-4-6-7(5-3-1)10-8-9-6/h1-5H. The summed E-state index contributed by atoms with van der Waals surface area (Å²) >= 11 is 0. The van der Waals surface area contributed by atoms with E-state index >= 15 is 0 Å². The summed E-state index contributed by atoms with van der Waals surface area (Å²) in [5.74, 6) is 0. The van der Waals surface area contributed by atoms with Crippen molar-refractivity contribution >= 4 is 7.19 Å². The van der Waals surface area contributed by atoms with Crippen LogP contribution in [0.25, 0.3) is 11.4 Å². The molecule has 0 amide bonds. The summed E-state index contributed by atoms with van der Waals surface area (Å²) in [6.45, 7) is 0. The van der Waals surface area contributed by atoms with Crippen LogP contribution in [0.2, 0.25) is 0 Å². The van der Waals surface area contributed by atoms with Gasteiger partial charge < -0.3 is 0 Å². The summed E-state index contributed by atoms with van der Waals surface area (Å²) in [5, 5.41) is 0. The Hall–Kier alpha value is -1.25. The Morgan fingerprint density at radius 1 is 0.900 bits per heavy atom. The van der Waals surface area contributed by atoms with Gasteiger partial charge in [0.1, 0.15) is 0 Å². The molecule has 0 atom stereocenters. The van der Waals surface area contributed by atoms with Crippen molar-refractivity contribution in [2.75, 3.05) is 0 Å². The molecule has 0 N–H and O–H groups in total. The second kappa shape index (κ2) is 2.18. The third-order valence-electron chi connectivity index (χ3n) is 1.39. The molecule has 2 nitrogen and oxygen atoms in total. The molecule has 0 bridgehead atoms. The maximum absolute atomic E-state index is 4.05. The van der Waals surface area contributed by atoms with Crippen molar-refractivity contribution in [1.82, 2.24) is 9.78 Å². The molecular formula is C7H5BN2. The van der Waals surface area contributed by atoms with E-state index in [4.69, 9.17) is 0 Å². The second-order valence-corrected chi connectivity index (χ2v) is 2.05. The summed E-state index contributed by atoms with van der Waals surface area (Å²) in [7, 11) is 1.57. The van der Waals surface area contributed by atoms with Gasteiger partial charge in [-0.3, -0.25) is 0 Å². The molecule has 10 heavy (non-hydrogen) atoms. The molecule has 0 spiro atoms. The SMILES string of the molecule is b1nc2cccccc-2n1. The van der Waals surface area contributed by atoms with E-state index in [1.165, 1.54) is 0 Å². The zero-order valence-electron chi connectivity index (χ0n) is 5.36. The van der Waals surface area contributed by atoms with Crippen molar-refractivity contribution in [2.45, 2.75) is 0 Å². The van der Waals surface area contributed by atoms with E-state index in [1.807, 2.05) is 30.3 Å². The quantitative estimate of drug-likeness (QED) is 0.527. The van der Waals surface area contributed by atoms with E-state index in [-0.39, 0.29) is 0 Å². The Labute approximate surface area is 59.6 Å². The van der Waals surface area contributed by atoms with Gasteiger partial charge in [-0.2, -0.15) is 0 Å². The number of hydrogen-bond acceptors (Lipinski definition) is 2. The molecule has 0 aromatic rings. The first-order valence-electron chi connectivity index (χ1n) is 3.12. The van der Waals surface area contributed by atoms with E-state index in [0.717, 1.165) is 11.4 Å². The summed E-state index contributed by atoms with van der Waals surface area (Å²) in [6, 6.07) is 9.77. The fourth-order valence-electron chi connectivity index (χ4n) is 0.900. The molecule has 0 radical (unpaired) electrons. The van der Waals surface area contributed by atoms with Gasteiger partial charge in [0.25, 0.3) is 0 Å². The van der Waals surface area contributed by atoms with E-state index < -0.39 is 0 Å². The average Bonchev–Trinajstić information content (AvgIpc) is 2.28. The molecule has 0 saturated carbocycles. The fourth-order valence-corrected chi connectivity index (χ4v) is 0.900. The Kier molecular flexibility index (Phi) is 1.20. The van der Waals surface area contributed by atoms with Crippen LogP contribution in [-0.4, -0.2) is 17.0 Å². The van der Waals surface area contributed by atoms with E-state index in [1.54, 1.807) is 7.19 Å². The van der Waals surface area contributed by atoms with Crippen molar-refractivity contribution in [3.63, 3.8) is 0 Å². The average molecular weight is 128 g/mol. The van der Waals surface area contributed by atoms with E-state index in [2.05, 4.69) is 9.78 Å². The number of hydrogen-bond donors (Lipinski definition) is 0. The van der Waals surface area contributed by atoms with Crippen LogP contribution in [0.5, 0.6) is 0 Å². The summed E-state index contributed by atoms with van der Waals surface area (Å²) in [5.41, 5.74) is 1.90. The van der Waals surface area contributed by atoms with Gasteiger partial charge in [-0.05, 0) is 0 Å². The molecule has 1 aliphatic heterocycles. The van der Waals surface area contributed by atoms with Crippen LogP contribution in [0.15, 0.2) is 30.3 Å². The van der Waals surface area contributed by atoms with Crippen molar-refractivity contribution in [2.24, 2.45) is 0 Å². The zero-order chi connectivity index (χ0) is 6.81. The Balaban J connectivity index is 2.74. The third-order valence-corrected chi connectivity index (χ3v) is 1.39. The van der Waals surface area contributed by atoms with Crippen LogP contribution in [0.3, 0.4) is 0 Å². The van der Waals surface area contributed by atoms with Crippen molar-refractivity contribution < 1.29 is 0 Å². The molecule has 0 fully saturated rings. The van der Waals surface area contributed by atoms with Gasteiger partial charge in [0.05, 0.1) is 0 Å². The molecule has 1 aliphatic carbocycles. The molecule has 0 aromatic heterocycles. The van der Waals surface area contributed by atoms with Gasteiger partial charge in [0, 0.05) is 0 Å². The number of aromatic nitrogens is 2. The fraction of sp³-hybridized carbons (Fsp3) is 0. The number of nitrogens with zero attached hydrogens (tertiary/aromatic N) is 2. The molecule has 1 heterocycles. The van der Waals surface area contributed by atoms with Crippen LogP contribution in [0, 0.1) is 0 Å². The minimum absolute atomic E-state index is 0.949. The first kappa shape index (κ1) is 5.53. The second-order valence-electron chi connectivity index (χ2n) is 2.05. The first-order valence-corrected chi connectivity index (χ1v) is 3.12. The van der Waals surface area contributed by atoms with Crippen molar-refractivity contribution in [3.8, 4) is 11.4 Å². The molecule has 2 aliphatic rings. The molecule has 2 rings (SSSR count). The van der Waals surface area contributed by atoms with Gasteiger partial charge in [-0.1, -0.05) is 0 Å². The zero-order valence-corrected chi connectivity index (χ0v) is 5.36. The summed E-state index contributed by atoms with van der Waals surface area (Å²) in [4.78, 5) is 8.10. The first-order chi connectivity index (χ1) is 4.97. The van der Waals surface area contributed by atoms with E-state index in [9.17, 15) is 0 Å². The predicted octanol–water partition coefficient (Wildman–Crippen LogP) is 0.919. The van der Waals surface area contributed by atoms with Gasteiger partial charge in [-0.25, -0.2) is 0 Å². The molecule has 3 heteroatoms.